The van der Waals surface area contributed by atoms with Crippen LogP contribution >= 0.6 is 0 Å². The van der Waals surface area contributed by atoms with Gasteiger partial charge in [-0.1, -0.05) is 0 Å². The van der Waals surface area contributed by atoms with Crippen molar-refractivity contribution >= 4 is 10.8 Å². The lowest BCUT2D eigenvalue weighted by atomic mass is 10.1. The van der Waals surface area contributed by atoms with Gasteiger partial charge in [0.1, 0.15) is 0 Å². The van der Waals surface area contributed by atoms with Gasteiger partial charge in [-0.3, -0.25) is 4.79 Å². The van der Waals surface area contributed by atoms with Gasteiger partial charge < -0.3 is 10.3 Å². The number of hydrogen-bond donors (Lipinski definition) is 1. The molecule has 0 fully saturated rings. The second kappa shape index (κ2) is 4.70. The van der Waals surface area contributed by atoms with Crippen molar-refractivity contribution in [2.24, 2.45) is 5.73 Å². The molecule has 0 aliphatic heterocycles. The summed E-state index contributed by atoms with van der Waals surface area (Å²) in [5.41, 5.74) is 4.40. The van der Waals surface area contributed by atoms with Gasteiger partial charge in [-0.25, -0.2) is 0 Å². The van der Waals surface area contributed by atoms with Crippen molar-refractivity contribution in [2.45, 2.75) is 19.1 Å². The fraction of sp³-hybridized carbons (Fsp3) is 0.308. The minimum absolute atomic E-state index is 0.195. The number of halogens is 3. The molecule has 6 heteroatoms. The Balaban J connectivity index is 2.64. The van der Waals surface area contributed by atoms with Crippen molar-refractivity contribution in [1.29, 1.82) is 0 Å². The third kappa shape index (κ3) is 2.49. The van der Waals surface area contributed by atoms with Crippen molar-refractivity contribution in [3.63, 3.8) is 0 Å². The molecular weight excluding hydrogens is 257 g/mol. The Kier molecular flexibility index (Phi) is 3.36. The summed E-state index contributed by atoms with van der Waals surface area (Å²) in [5.74, 6) is 0. The molecule has 2 rings (SSSR count). The second-order valence-corrected chi connectivity index (χ2v) is 4.41. The molecule has 1 unspecified atom stereocenters. The van der Waals surface area contributed by atoms with Crippen molar-refractivity contribution in [1.82, 2.24) is 4.57 Å². The van der Waals surface area contributed by atoms with Crippen LogP contribution in [0.1, 0.15) is 18.5 Å². The summed E-state index contributed by atoms with van der Waals surface area (Å²) >= 11 is 0. The van der Waals surface area contributed by atoms with E-state index in [9.17, 15) is 18.0 Å². The standard InChI is InChI=1S/C13H13F3N2O/c1-8(7-17)18-5-4-9-6-10(13(14,15)16)2-3-11(9)12(18)19/h2-6,8H,7,17H2,1H3. The highest BCUT2D eigenvalue weighted by molar-refractivity contribution is 5.82. The Labute approximate surface area is 107 Å². The first-order valence-corrected chi connectivity index (χ1v) is 5.76. The third-order valence-corrected chi connectivity index (χ3v) is 3.07. The van der Waals surface area contributed by atoms with Crippen molar-refractivity contribution in [3.8, 4) is 0 Å². The van der Waals surface area contributed by atoms with Crippen LogP contribution in [0.5, 0.6) is 0 Å². The van der Waals surface area contributed by atoms with E-state index in [2.05, 4.69) is 0 Å². The Hall–Kier alpha value is -1.82. The molecule has 0 saturated heterocycles. The number of nitrogens with two attached hydrogens (primary N) is 1. The molecule has 2 N–H and O–H groups in total. The largest absolute Gasteiger partial charge is 0.416 e. The number of fused-ring (bicyclic) bond motifs is 1. The number of alkyl halides is 3. The predicted octanol–water partition coefficient (Wildman–Crippen LogP) is 2.54. The van der Waals surface area contributed by atoms with Gasteiger partial charge in [0.15, 0.2) is 0 Å². The minimum atomic E-state index is -4.41. The number of benzene rings is 1. The van der Waals surface area contributed by atoms with Gasteiger partial charge in [-0.2, -0.15) is 13.2 Å². The molecule has 0 spiro atoms. The molecule has 0 aliphatic rings. The molecule has 3 nitrogen and oxygen atoms in total. The van der Waals surface area contributed by atoms with E-state index in [0.717, 1.165) is 12.1 Å². The lowest BCUT2D eigenvalue weighted by Crippen LogP contribution is -2.27. The molecule has 0 saturated carbocycles. The van der Waals surface area contributed by atoms with E-state index in [0.29, 0.717) is 0 Å². The van der Waals surface area contributed by atoms with Crippen LogP contribution in [0.25, 0.3) is 10.8 Å². The van der Waals surface area contributed by atoms with E-state index in [1.54, 1.807) is 6.92 Å². The first-order chi connectivity index (χ1) is 8.84. The van der Waals surface area contributed by atoms with Gasteiger partial charge >= 0.3 is 6.18 Å². The maximum absolute atomic E-state index is 12.6. The first-order valence-electron chi connectivity index (χ1n) is 5.76. The Bertz CT molecular complexity index is 661. The number of hydrogen-bond acceptors (Lipinski definition) is 2. The zero-order valence-corrected chi connectivity index (χ0v) is 10.2. The van der Waals surface area contributed by atoms with Crippen molar-refractivity contribution in [2.75, 3.05) is 6.54 Å². The Morgan fingerprint density at radius 1 is 1.32 bits per heavy atom. The topological polar surface area (TPSA) is 48.0 Å². The van der Waals surface area contributed by atoms with E-state index < -0.39 is 11.7 Å². The summed E-state index contributed by atoms with van der Waals surface area (Å²) in [4.78, 5) is 12.1. The normalized spacial score (nSPS) is 13.7. The van der Waals surface area contributed by atoms with Crippen LogP contribution in [0.4, 0.5) is 13.2 Å². The smallest absolute Gasteiger partial charge is 0.328 e. The minimum Gasteiger partial charge on any atom is -0.328 e. The number of aromatic nitrogens is 1. The Morgan fingerprint density at radius 3 is 2.58 bits per heavy atom. The number of pyridine rings is 1. The average Bonchev–Trinajstić information content (AvgIpc) is 2.37. The van der Waals surface area contributed by atoms with Crippen LogP contribution in [-0.2, 0) is 6.18 Å². The molecule has 1 heterocycles. The zero-order chi connectivity index (χ0) is 14.2. The summed E-state index contributed by atoms with van der Waals surface area (Å²) in [5, 5.41) is 0.538. The van der Waals surface area contributed by atoms with Crippen molar-refractivity contribution < 1.29 is 13.2 Å². The van der Waals surface area contributed by atoms with Gasteiger partial charge in [0.05, 0.1) is 5.56 Å². The van der Waals surface area contributed by atoms with Crippen molar-refractivity contribution in [3.05, 3.63) is 46.4 Å². The van der Waals surface area contributed by atoms with E-state index in [1.807, 2.05) is 0 Å². The highest BCUT2D eigenvalue weighted by Gasteiger charge is 2.30. The van der Waals surface area contributed by atoms with Crippen LogP contribution in [0.3, 0.4) is 0 Å². The molecule has 0 amide bonds. The van der Waals surface area contributed by atoms with Crippen LogP contribution < -0.4 is 11.3 Å². The molecule has 1 aromatic heterocycles. The third-order valence-electron chi connectivity index (χ3n) is 3.07. The highest BCUT2D eigenvalue weighted by Crippen LogP contribution is 2.30. The van der Waals surface area contributed by atoms with Crippen LogP contribution in [0.2, 0.25) is 0 Å². The zero-order valence-electron chi connectivity index (χ0n) is 10.2. The predicted molar refractivity (Wildman–Crippen MR) is 67.0 cm³/mol. The van der Waals surface area contributed by atoms with Gasteiger partial charge in [0.25, 0.3) is 5.56 Å². The van der Waals surface area contributed by atoms with Gasteiger partial charge in [-0.15, -0.1) is 0 Å². The second-order valence-electron chi connectivity index (χ2n) is 4.41. The summed E-state index contributed by atoms with van der Waals surface area (Å²) < 4.78 is 39.2. The van der Waals surface area contributed by atoms with Crippen LogP contribution in [0, 0.1) is 0 Å². The molecular formula is C13H13F3N2O. The average molecular weight is 270 g/mol. The van der Waals surface area contributed by atoms with E-state index >= 15 is 0 Å². The maximum Gasteiger partial charge on any atom is 0.416 e. The summed E-state index contributed by atoms with van der Waals surface area (Å²) in [6, 6.07) is 4.41. The van der Waals surface area contributed by atoms with E-state index in [-0.39, 0.29) is 28.9 Å². The molecule has 2 aromatic rings. The summed E-state index contributed by atoms with van der Waals surface area (Å²) in [7, 11) is 0. The molecule has 1 atom stereocenters. The van der Waals surface area contributed by atoms with E-state index in [4.69, 9.17) is 5.73 Å². The monoisotopic (exact) mass is 270 g/mol. The molecule has 102 valence electrons. The number of rotatable bonds is 2. The van der Waals surface area contributed by atoms with Gasteiger partial charge in [-0.05, 0) is 36.6 Å². The number of nitrogens with zero attached hydrogens (tertiary/aromatic N) is 1. The molecule has 1 aromatic carbocycles. The van der Waals surface area contributed by atoms with Crippen LogP contribution in [-0.4, -0.2) is 11.1 Å². The maximum atomic E-state index is 12.6. The Morgan fingerprint density at radius 2 is 2.00 bits per heavy atom. The molecule has 0 radical (unpaired) electrons. The van der Waals surface area contributed by atoms with Gasteiger partial charge in [0.2, 0.25) is 0 Å². The fourth-order valence-electron chi connectivity index (χ4n) is 1.90. The molecule has 0 aliphatic carbocycles. The fourth-order valence-corrected chi connectivity index (χ4v) is 1.90. The molecule has 19 heavy (non-hydrogen) atoms. The van der Waals surface area contributed by atoms with Crippen LogP contribution in [0.15, 0.2) is 35.3 Å². The van der Waals surface area contributed by atoms with E-state index in [1.165, 1.54) is 22.9 Å². The highest BCUT2D eigenvalue weighted by atomic mass is 19.4. The lowest BCUT2D eigenvalue weighted by Gasteiger charge is -2.14. The summed E-state index contributed by atoms with van der Waals surface area (Å²) in [6.07, 6.45) is -2.93. The SMILES string of the molecule is CC(CN)n1ccc2cc(C(F)(F)F)ccc2c1=O. The lowest BCUT2D eigenvalue weighted by molar-refractivity contribution is -0.137. The first kappa shape index (κ1) is 13.6. The summed E-state index contributed by atoms with van der Waals surface area (Å²) in [6.45, 7) is 2.06. The quantitative estimate of drug-likeness (QED) is 0.911. The molecule has 0 bridgehead atoms. The van der Waals surface area contributed by atoms with Gasteiger partial charge in [0, 0.05) is 24.2 Å².